The van der Waals surface area contributed by atoms with E-state index in [1.165, 1.54) is 0 Å². The highest BCUT2D eigenvalue weighted by Gasteiger charge is 2.22. The quantitative estimate of drug-likeness (QED) is 0.705. The van der Waals surface area contributed by atoms with Gasteiger partial charge in [0.25, 0.3) is 5.91 Å². The molecule has 1 N–H and O–H groups in total. The Balaban J connectivity index is 2.66. The second-order valence-corrected chi connectivity index (χ2v) is 4.98. The van der Waals surface area contributed by atoms with E-state index in [-0.39, 0.29) is 11.8 Å². The van der Waals surface area contributed by atoms with Crippen LogP contribution < -0.4 is 5.32 Å². The third kappa shape index (κ3) is 4.87. The van der Waals surface area contributed by atoms with Crippen molar-refractivity contribution in [3.63, 3.8) is 0 Å². The maximum absolute atomic E-state index is 12.3. The molecule has 22 heavy (non-hydrogen) atoms. The Morgan fingerprint density at radius 3 is 2.59 bits per heavy atom. The van der Waals surface area contributed by atoms with Gasteiger partial charge < -0.3 is 10.2 Å². The van der Waals surface area contributed by atoms with Gasteiger partial charge in [-0.3, -0.25) is 14.3 Å². The smallest absolute Gasteiger partial charge is 0.272 e. The zero-order valence-corrected chi connectivity index (χ0v) is 13.3. The fourth-order valence-corrected chi connectivity index (χ4v) is 2.01. The molecule has 0 aliphatic carbocycles. The standard InChI is InChI=1S/C16H24N4O2/c1-5-9-19(10-6-2)16(22)13(4)17-15(21)14-8-12-20(18-14)11-7-3/h5-6,8,12-13H,1-2,7,9-11H2,3-4H3,(H,17,21). The van der Waals surface area contributed by atoms with Crippen molar-refractivity contribution in [1.29, 1.82) is 0 Å². The molecule has 1 unspecified atom stereocenters. The van der Waals surface area contributed by atoms with Crippen LogP contribution in [0.15, 0.2) is 37.6 Å². The first-order chi connectivity index (χ1) is 10.5. The molecule has 0 fully saturated rings. The summed E-state index contributed by atoms with van der Waals surface area (Å²) >= 11 is 0. The fraction of sp³-hybridized carbons (Fsp3) is 0.438. The van der Waals surface area contributed by atoms with Gasteiger partial charge in [-0.1, -0.05) is 19.1 Å². The molecule has 0 aromatic carbocycles. The molecular formula is C16H24N4O2. The number of carbonyl (C=O) groups is 2. The van der Waals surface area contributed by atoms with Gasteiger partial charge in [0.05, 0.1) is 0 Å². The van der Waals surface area contributed by atoms with Crippen LogP contribution in [0, 0.1) is 0 Å². The summed E-state index contributed by atoms with van der Waals surface area (Å²) in [4.78, 5) is 26.0. The summed E-state index contributed by atoms with van der Waals surface area (Å²) in [5.74, 6) is -0.533. The molecule has 0 radical (unpaired) electrons. The number of hydrogen-bond acceptors (Lipinski definition) is 3. The molecule has 0 saturated heterocycles. The van der Waals surface area contributed by atoms with E-state index in [1.54, 1.807) is 40.9 Å². The Bertz CT molecular complexity index is 526. The van der Waals surface area contributed by atoms with Crippen LogP contribution in [0.25, 0.3) is 0 Å². The summed E-state index contributed by atoms with van der Waals surface area (Å²) in [7, 11) is 0. The van der Waals surface area contributed by atoms with Crippen LogP contribution in [0.1, 0.15) is 30.8 Å². The first kappa shape index (κ1) is 17.7. The van der Waals surface area contributed by atoms with E-state index in [0.29, 0.717) is 18.8 Å². The molecule has 1 rings (SSSR count). The van der Waals surface area contributed by atoms with Crippen LogP contribution in [0.3, 0.4) is 0 Å². The summed E-state index contributed by atoms with van der Waals surface area (Å²) in [5, 5.41) is 6.85. The van der Waals surface area contributed by atoms with Gasteiger partial charge in [-0.15, -0.1) is 13.2 Å². The molecule has 6 heteroatoms. The van der Waals surface area contributed by atoms with Crippen molar-refractivity contribution in [3.8, 4) is 0 Å². The molecule has 120 valence electrons. The Morgan fingerprint density at radius 1 is 1.41 bits per heavy atom. The predicted octanol–water partition coefficient (Wildman–Crippen LogP) is 1.61. The van der Waals surface area contributed by atoms with E-state index < -0.39 is 6.04 Å². The van der Waals surface area contributed by atoms with Crippen molar-refractivity contribution in [2.24, 2.45) is 0 Å². The van der Waals surface area contributed by atoms with Crippen molar-refractivity contribution in [3.05, 3.63) is 43.3 Å². The number of hydrogen-bond donors (Lipinski definition) is 1. The molecule has 0 spiro atoms. The average Bonchev–Trinajstić information content (AvgIpc) is 2.95. The fourth-order valence-electron chi connectivity index (χ4n) is 2.01. The lowest BCUT2D eigenvalue weighted by atomic mass is 10.2. The van der Waals surface area contributed by atoms with Gasteiger partial charge in [-0.25, -0.2) is 0 Å². The molecule has 1 aromatic rings. The second kappa shape index (κ2) is 8.81. The third-order valence-electron chi connectivity index (χ3n) is 3.05. The van der Waals surface area contributed by atoms with Crippen molar-refractivity contribution >= 4 is 11.8 Å². The molecule has 1 heterocycles. The predicted molar refractivity (Wildman–Crippen MR) is 86.4 cm³/mol. The number of rotatable bonds is 9. The minimum Gasteiger partial charge on any atom is -0.339 e. The van der Waals surface area contributed by atoms with Crippen molar-refractivity contribution in [2.45, 2.75) is 32.9 Å². The SMILES string of the molecule is C=CCN(CC=C)C(=O)C(C)NC(=O)c1ccn(CCC)n1. The van der Waals surface area contributed by atoms with Gasteiger partial charge in [-0.2, -0.15) is 5.10 Å². The number of aryl methyl sites for hydroxylation is 1. The Labute approximate surface area is 131 Å². The Morgan fingerprint density at radius 2 is 2.05 bits per heavy atom. The average molecular weight is 304 g/mol. The van der Waals surface area contributed by atoms with Crippen molar-refractivity contribution in [1.82, 2.24) is 20.0 Å². The van der Waals surface area contributed by atoms with Gasteiger partial charge in [0, 0.05) is 25.8 Å². The lowest BCUT2D eigenvalue weighted by molar-refractivity contribution is -0.131. The molecule has 6 nitrogen and oxygen atoms in total. The monoisotopic (exact) mass is 304 g/mol. The zero-order valence-electron chi connectivity index (χ0n) is 13.3. The van der Waals surface area contributed by atoms with E-state index in [2.05, 4.69) is 23.6 Å². The van der Waals surface area contributed by atoms with Gasteiger partial charge in [0.1, 0.15) is 11.7 Å². The van der Waals surface area contributed by atoms with E-state index >= 15 is 0 Å². The molecule has 0 bridgehead atoms. The first-order valence-electron chi connectivity index (χ1n) is 7.38. The lowest BCUT2D eigenvalue weighted by Crippen LogP contribution is -2.47. The molecule has 2 amide bonds. The Kier molecular flexibility index (Phi) is 7.08. The highest BCUT2D eigenvalue weighted by atomic mass is 16.2. The summed E-state index contributed by atoms with van der Waals surface area (Å²) in [5.41, 5.74) is 0.312. The first-order valence-corrected chi connectivity index (χ1v) is 7.38. The van der Waals surface area contributed by atoms with Crippen molar-refractivity contribution in [2.75, 3.05) is 13.1 Å². The molecular weight excluding hydrogens is 280 g/mol. The molecule has 1 aromatic heterocycles. The van der Waals surface area contributed by atoms with E-state index in [1.807, 2.05) is 6.92 Å². The van der Waals surface area contributed by atoms with Gasteiger partial charge in [0.15, 0.2) is 0 Å². The summed E-state index contributed by atoms with van der Waals surface area (Å²) in [6, 6.07) is 1.01. The highest BCUT2D eigenvalue weighted by molar-refractivity contribution is 5.95. The van der Waals surface area contributed by atoms with Crippen LogP contribution in [0.4, 0.5) is 0 Å². The highest BCUT2D eigenvalue weighted by Crippen LogP contribution is 2.01. The Hall–Kier alpha value is -2.37. The van der Waals surface area contributed by atoms with Crippen LogP contribution in [-0.2, 0) is 11.3 Å². The number of nitrogens with one attached hydrogen (secondary N) is 1. The maximum Gasteiger partial charge on any atom is 0.272 e. The third-order valence-corrected chi connectivity index (χ3v) is 3.05. The van der Waals surface area contributed by atoms with Gasteiger partial charge in [0.2, 0.25) is 5.91 Å². The molecule has 0 saturated carbocycles. The summed E-state index contributed by atoms with van der Waals surface area (Å²) < 4.78 is 1.71. The second-order valence-electron chi connectivity index (χ2n) is 4.98. The number of amides is 2. The number of carbonyl (C=O) groups excluding carboxylic acids is 2. The zero-order chi connectivity index (χ0) is 16.5. The molecule has 0 aliphatic rings. The topological polar surface area (TPSA) is 67.2 Å². The van der Waals surface area contributed by atoms with E-state index in [9.17, 15) is 9.59 Å². The van der Waals surface area contributed by atoms with Crippen LogP contribution >= 0.6 is 0 Å². The van der Waals surface area contributed by atoms with Crippen molar-refractivity contribution < 1.29 is 9.59 Å². The van der Waals surface area contributed by atoms with E-state index in [0.717, 1.165) is 13.0 Å². The summed E-state index contributed by atoms with van der Waals surface area (Å²) in [6.45, 7) is 12.5. The lowest BCUT2D eigenvalue weighted by Gasteiger charge is -2.23. The van der Waals surface area contributed by atoms with Crippen LogP contribution in [0.2, 0.25) is 0 Å². The summed E-state index contributed by atoms with van der Waals surface area (Å²) in [6.07, 6.45) is 5.98. The molecule has 0 aliphatic heterocycles. The minimum absolute atomic E-state index is 0.179. The van der Waals surface area contributed by atoms with E-state index in [4.69, 9.17) is 0 Å². The van der Waals surface area contributed by atoms with Crippen LogP contribution in [0.5, 0.6) is 0 Å². The number of aromatic nitrogens is 2. The normalized spacial score (nSPS) is 11.5. The molecule has 1 atom stereocenters. The number of nitrogens with zero attached hydrogens (tertiary/aromatic N) is 3. The van der Waals surface area contributed by atoms with Gasteiger partial charge >= 0.3 is 0 Å². The minimum atomic E-state index is -0.635. The maximum atomic E-state index is 12.3. The van der Waals surface area contributed by atoms with Crippen LogP contribution in [-0.4, -0.2) is 45.6 Å². The largest absolute Gasteiger partial charge is 0.339 e. The van der Waals surface area contributed by atoms with Gasteiger partial charge in [-0.05, 0) is 19.4 Å².